The van der Waals surface area contributed by atoms with Crippen molar-refractivity contribution in [3.63, 3.8) is 0 Å². The third-order valence-electron chi connectivity index (χ3n) is 5.32. The Hall–Kier alpha value is -2.66. The summed E-state index contributed by atoms with van der Waals surface area (Å²) in [7, 11) is 0. The molecule has 4 rings (SSSR count). The molecule has 0 bridgehead atoms. The predicted octanol–water partition coefficient (Wildman–Crippen LogP) is 3.01. The number of hydrogen-bond donors (Lipinski definition) is 1. The van der Waals surface area contributed by atoms with Crippen molar-refractivity contribution in [1.82, 2.24) is 14.5 Å². The van der Waals surface area contributed by atoms with Crippen molar-refractivity contribution in [3.8, 4) is 0 Å². The molecule has 5 nitrogen and oxygen atoms in total. The standard InChI is InChI=1S/C21H23N3O2/c25-20(15-24-14-8-16-5-1-2-7-19(16)24)23-12-9-17(10-13-23)21(26)18-6-3-4-11-22-18/h1-8,11,14,17,21,26H,9-10,12-13,15H2/t21-/m0/s1. The molecule has 1 N–H and O–H groups in total. The van der Waals surface area contributed by atoms with Crippen LogP contribution in [0.1, 0.15) is 24.6 Å². The van der Waals surface area contributed by atoms with Crippen LogP contribution >= 0.6 is 0 Å². The van der Waals surface area contributed by atoms with Gasteiger partial charge in [-0.15, -0.1) is 0 Å². The van der Waals surface area contributed by atoms with Crippen LogP contribution in [0.15, 0.2) is 60.9 Å². The largest absolute Gasteiger partial charge is 0.387 e. The lowest BCUT2D eigenvalue weighted by Crippen LogP contribution is -2.41. The van der Waals surface area contributed by atoms with Crippen molar-refractivity contribution in [2.24, 2.45) is 5.92 Å². The summed E-state index contributed by atoms with van der Waals surface area (Å²) in [6.45, 7) is 1.74. The van der Waals surface area contributed by atoms with Crippen LogP contribution in [-0.4, -0.2) is 38.6 Å². The Balaban J connectivity index is 1.36. The highest BCUT2D eigenvalue weighted by atomic mass is 16.3. The van der Waals surface area contributed by atoms with Gasteiger partial charge in [0.15, 0.2) is 0 Å². The lowest BCUT2D eigenvalue weighted by molar-refractivity contribution is -0.133. The quantitative estimate of drug-likeness (QED) is 0.788. The van der Waals surface area contributed by atoms with Crippen LogP contribution in [-0.2, 0) is 11.3 Å². The number of piperidine rings is 1. The first-order chi connectivity index (χ1) is 12.7. The lowest BCUT2D eigenvalue weighted by Gasteiger charge is -2.34. The van der Waals surface area contributed by atoms with Crippen LogP contribution in [0, 0.1) is 5.92 Å². The number of aliphatic hydroxyl groups excluding tert-OH is 1. The average Bonchev–Trinajstić information content (AvgIpc) is 3.11. The predicted molar refractivity (Wildman–Crippen MR) is 100 cm³/mol. The molecule has 1 saturated heterocycles. The van der Waals surface area contributed by atoms with Crippen molar-refractivity contribution in [2.75, 3.05) is 13.1 Å². The normalized spacial score (nSPS) is 16.7. The van der Waals surface area contributed by atoms with E-state index < -0.39 is 6.10 Å². The van der Waals surface area contributed by atoms with Gasteiger partial charge in [-0.2, -0.15) is 0 Å². The van der Waals surface area contributed by atoms with Gasteiger partial charge in [0.25, 0.3) is 0 Å². The molecule has 1 amide bonds. The maximum Gasteiger partial charge on any atom is 0.242 e. The number of benzene rings is 1. The number of rotatable bonds is 4. The number of aliphatic hydroxyl groups is 1. The van der Waals surface area contributed by atoms with Crippen LogP contribution < -0.4 is 0 Å². The molecule has 0 spiro atoms. The first-order valence-corrected chi connectivity index (χ1v) is 9.13. The summed E-state index contributed by atoms with van der Waals surface area (Å²) in [5, 5.41) is 11.7. The fraction of sp³-hybridized carbons (Fsp3) is 0.333. The molecule has 3 aromatic rings. The molecule has 3 heterocycles. The number of pyridine rings is 1. The van der Waals surface area contributed by atoms with Crippen molar-refractivity contribution in [1.29, 1.82) is 0 Å². The summed E-state index contributed by atoms with van der Waals surface area (Å²) in [5.74, 6) is 0.290. The molecule has 2 aromatic heterocycles. The van der Waals surface area contributed by atoms with Gasteiger partial charge in [0.1, 0.15) is 6.54 Å². The van der Waals surface area contributed by atoms with Crippen LogP contribution in [0.25, 0.3) is 10.9 Å². The lowest BCUT2D eigenvalue weighted by atomic mass is 9.89. The van der Waals surface area contributed by atoms with E-state index in [-0.39, 0.29) is 11.8 Å². The minimum atomic E-state index is -0.554. The van der Waals surface area contributed by atoms with Crippen LogP contribution in [0.5, 0.6) is 0 Å². The van der Waals surface area contributed by atoms with Gasteiger partial charge in [0.2, 0.25) is 5.91 Å². The summed E-state index contributed by atoms with van der Waals surface area (Å²) in [4.78, 5) is 18.9. The summed E-state index contributed by atoms with van der Waals surface area (Å²) in [6, 6.07) is 15.7. The second-order valence-electron chi connectivity index (χ2n) is 6.92. The Morgan fingerprint density at radius 2 is 1.88 bits per heavy atom. The fourth-order valence-corrected chi connectivity index (χ4v) is 3.78. The maximum absolute atomic E-state index is 12.7. The van der Waals surface area contributed by atoms with E-state index in [4.69, 9.17) is 0 Å². The summed E-state index contributed by atoms with van der Waals surface area (Å²) < 4.78 is 2.01. The number of nitrogens with zero attached hydrogens (tertiary/aromatic N) is 3. The molecule has 0 aliphatic carbocycles. The molecule has 0 unspecified atom stereocenters. The highest BCUT2D eigenvalue weighted by Gasteiger charge is 2.28. The zero-order valence-electron chi connectivity index (χ0n) is 14.7. The van der Waals surface area contributed by atoms with E-state index in [1.807, 2.05) is 58.1 Å². The van der Waals surface area contributed by atoms with Crippen molar-refractivity contribution in [2.45, 2.75) is 25.5 Å². The maximum atomic E-state index is 12.7. The Morgan fingerprint density at radius 3 is 2.65 bits per heavy atom. The molecule has 26 heavy (non-hydrogen) atoms. The molecular formula is C21H23N3O2. The summed E-state index contributed by atoms with van der Waals surface area (Å²) >= 11 is 0. The minimum absolute atomic E-state index is 0.136. The second-order valence-corrected chi connectivity index (χ2v) is 6.92. The summed E-state index contributed by atoms with van der Waals surface area (Å²) in [5.41, 5.74) is 1.80. The molecule has 0 radical (unpaired) electrons. The number of aromatic nitrogens is 2. The topological polar surface area (TPSA) is 58.4 Å². The molecular weight excluding hydrogens is 326 g/mol. The van der Waals surface area contributed by atoms with E-state index in [0.717, 1.165) is 29.4 Å². The van der Waals surface area contributed by atoms with E-state index in [1.54, 1.807) is 6.20 Å². The van der Waals surface area contributed by atoms with Gasteiger partial charge in [-0.1, -0.05) is 24.3 Å². The molecule has 134 valence electrons. The smallest absolute Gasteiger partial charge is 0.242 e. The van der Waals surface area contributed by atoms with Crippen LogP contribution in [0.4, 0.5) is 0 Å². The number of amides is 1. The first kappa shape index (κ1) is 16.8. The number of hydrogen-bond acceptors (Lipinski definition) is 3. The van der Waals surface area contributed by atoms with E-state index >= 15 is 0 Å². The number of carbonyl (C=O) groups excluding carboxylic acids is 1. The first-order valence-electron chi connectivity index (χ1n) is 9.13. The van der Waals surface area contributed by atoms with Gasteiger partial charge in [-0.25, -0.2) is 0 Å². The van der Waals surface area contributed by atoms with E-state index in [0.29, 0.717) is 19.6 Å². The SMILES string of the molecule is O=C(Cn1ccc2ccccc21)N1CCC([C@H](O)c2ccccn2)CC1. The second kappa shape index (κ2) is 7.30. The number of fused-ring (bicyclic) bond motifs is 1. The van der Waals surface area contributed by atoms with E-state index in [2.05, 4.69) is 11.1 Å². The highest BCUT2D eigenvalue weighted by Crippen LogP contribution is 2.29. The number of carbonyl (C=O) groups is 1. The minimum Gasteiger partial charge on any atom is -0.387 e. The van der Waals surface area contributed by atoms with Crippen LogP contribution in [0.3, 0.4) is 0 Å². The Morgan fingerprint density at radius 1 is 1.12 bits per heavy atom. The monoisotopic (exact) mass is 349 g/mol. The third kappa shape index (κ3) is 3.35. The van der Waals surface area contributed by atoms with Gasteiger partial charge in [0.05, 0.1) is 11.8 Å². The molecule has 5 heteroatoms. The van der Waals surface area contributed by atoms with Gasteiger partial charge in [-0.05, 0) is 48.4 Å². The zero-order chi connectivity index (χ0) is 17.9. The average molecular weight is 349 g/mol. The molecule has 1 aliphatic heterocycles. The molecule has 1 aromatic carbocycles. The van der Waals surface area contributed by atoms with Gasteiger partial charge >= 0.3 is 0 Å². The molecule has 1 atom stereocenters. The summed E-state index contributed by atoms with van der Waals surface area (Å²) in [6.07, 6.45) is 4.73. The van der Waals surface area contributed by atoms with E-state index in [9.17, 15) is 9.90 Å². The van der Waals surface area contributed by atoms with Gasteiger partial charge in [-0.3, -0.25) is 9.78 Å². The Labute approximate surface area is 152 Å². The number of para-hydroxylation sites is 1. The highest BCUT2D eigenvalue weighted by molar-refractivity contribution is 5.83. The Kier molecular flexibility index (Phi) is 4.71. The van der Waals surface area contributed by atoms with Crippen molar-refractivity contribution < 1.29 is 9.90 Å². The molecule has 1 fully saturated rings. The van der Waals surface area contributed by atoms with Crippen molar-refractivity contribution >= 4 is 16.8 Å². The van der Waals surface area contributed by atoms with Gasteiger partial charge < -0.3 is 14.6 Å². The van der Waals surface area contributed by atoms with Gasteiger partial charge in [0, 0.05) is 31.0 Å². The van der Waals surface area contributed by atoms with E-state index in [1.165, 1.54) is 0 Å². The van der Waals surface area contributed by atoms with Crippen LogP contribution in [0.2, 0.25) is 0 Å². The molecule has 1 aliphatic rings. The third-order valence-corrected chi connectivity index (χ3v) is 5.32. The Bertz CT molecular complexity index is 882. The number of likely N-dealkylation sites (tertiary alicyclic amines) is 1. The van der Waals surface area contributed by atoms with Crippen molar-refractivity contribution in [3.05, 3.63) is 66.6 Å². The zero-order valence-corrected chi connectivity index (χ0v) is 14.7. The molecule has 0 saturated carbocycles. The fourth-order valence-electron chi connectivity index (χ4n) is 3.78.